The van der Waals surface area contributed by atoms with Gasteiger partial charge in [0.15, 0.2) is 5.78 Å². The van der Waals surface area contributed by atoms with Gasteiger partial charge in [-0.15, -0.1) is 0 Å². The fraction of sp³-hybridized carbons (Fsp3) is 0.238. The van der Waals surface area contributed by atoms with Crippen LogP contribution in [0.2, 0.25) is 0 Å². The minimum atomic E-state index is -0.108. The molecule has 0 radical (unpaired) electrons. The summed E-state index contributed by atoms with van der Waals surface area (Å²) in [5, 5.41) is 0. The number of aromatic nitrogens is 2. The molecule has 1 atom stereocenters. The van der Waals surface area contributed by atoms with E-state index in [9.17, 15) is 4.79 Å². The summed E-state index contributed by atoms with van der Waals surface area (Å²) in [5.41, 5.74) is 5.99. The van der Waals surface area contributed by atoms with Crippen LogP contribution < -0.4 is 4.90 Å². The summed E-state index contributed by atoms with van der Waals surface area (Å²) >= 11 is 0. The molecule has 2 heterocycles. The number of anilines is 1. The number of fused-ring (bicyclic) bond motifs is 2. The largest absolute Gasteiger partial charge is 0.364 e. The van der Waals surface area contributed by atoms with E-state index in [0.717, 1.165) is 39.2 Å². The first-order valence-electron chi connectivity index (χ1n) is 8.49. The van der Waals surface area contributed by atoms with Crippen LogP contribution in [0.25, 0.3) is 23.2 Å². The van der Waals surface area contributed by atoms with Crippen molar-refractivity contribution in [2.45, 2.75) is 19.9 Å². The maximum atomic E-state index is 12.5. The van der Waals surface area contributed by atoms with Gasteiger partial charge in [0.1, 0.15) is 5.82 Å². The molecule has 25 heavy (non-hydrogen) atoms. The van der Waals surface area contributed by atoms with Crippen LogP contribution in [0.1, 0.15) is 34.2 Å². The van der Waals surface area contributed by atoms with Crippen molar-refractivity contribution >= 4 is 34.7 Å². The molecule has 1 aliphatic rings. The third-order valence-electron chi connectivity index (χ3n) is 5.22. The minimum absolute atomic E-state index is 0.108. The van der Waals surface area contributed by atoms with E-state index in [1.54, 1.807) is 0 Å². The van der Waals surface area contributed by atoms with E-state index in [-0.39, 0.29) is 11.8 Å². The van der Waals surface area contributed by atoms with Gasteiger partial charge in [-0.3, -0.25) is 4.79 Å². The Morgan fingerprint density at radius 1 is 1.12 bits per heavy atom. The second kappa shape index (κ2) is 5.59. The zero-order chi connectivity index (χ0) is 17.7. The average molecular weight is 331 g/mol. The molecule has 0 saturated carbocycles. The van der Waals surface area contributed by atoms with Crippen LogP contribution in [0.5, 0.6) is 0 Å². The summed E-state index contributed by atoms with van der Waals surface area (Å²) in [5.74, 6) is 1.07. The number of Topliss-reactive ketones (excluding diaryl/α,β-unsaturated/α-hetero) is 1. The first kappa shape index (κ1) is 15.6. The molecule has 4 nitrogen and oxygen atoms in total. The monoisotopic (exact) mass is 331 g/mol. The molecule has 2 aromatic carbocycles. The Morgan fingerprint density at radius 2 is 1.84 bits per heavy atom. The van der Waals surface area contributed by atoms with Crippen molar-refractivity contribution in [1.82, 2.24) is 9.55 Å². The van der Waals surface area contributed by atoms with E-state index in [1.165, 1.54) is 0 Å². The Balaban J connectivity index is 1.86. The van der Waals surface area contributed by atoms with Gasteiger partial charge in [-0.1, -0.05) is 36.4 Å². The smallest absolute Gasteiger partial charge is 0.187 e. The Morgan fingerprint density at radius 3 is 2.56 bits per heavy atom. The topological polar surface area (TPSA) is 38.1 Å². The molecule has 1 aromatic heterocycles. The van der Waals surface area contributed by atoms with Crippen molar-refractivity contribution in [1.29, 1.82) is 0 Å². The highest BCUT2D eigenvalue weighted by atomic mass is 16.1. The lowest BCUT2D eigenvalue weighted by Gasteiger charge is -2.18. The zero-order valence-corrected chi connectivity index (χ0v) is 14.9. The van der Waals surface area contributed by atoms with Crippen LogP contribution in [0.3, 0.4) is 0 Å². The molecular formula is C21H21N3O. The van der Waals surface area contributed by atoms with E-state index in [1.807, 2.05) is 51.4 Å². The quantitative estimate of drug-likeness (QED) is 0.710. The van der Waals surface area contributed by atoms with Crippen LogP contribution in [0.15, 0.2) is 36.4 Å². The minimum Gasteiger partial charge on any atom is -0.364 e. The molecule has 3 aromatic rings. The average Bonchev–Trinajstić information content (AvgIpc) is 3.05. The van der Waals surface area contributed by atoms with E-state index in [4.69, 9.17) is 4.98 Å². The summed E-state index contributed by atoms with van der Waals surface area (Å²) in [7, 11) is 3.98. The van der Waals surface area contributed by atoms with Crippen molar-refractivity contribution in [2.75, 3.05) is 11.9 Å². The molecule has 0 aliphatic carbocycles. The van der Waals surface area contributed by atoms with Gasteiger partial charge in [-0.05, 0) is 31.6 Å². The number of aryl methyl sites for hydroxylation is 2. The number of likely N-dealkylation sites (N-methyl/N-ethyl adjacent to an activating group) is 1. The number of imidazole rings is 1. The van der Waals surface area contributed by atoms with Crippen LogP contribution in [-0.4, -0.2) is 28.4 Å². The molecule has 126 valence electrons. The Hall–Kier alpha value is -2.88. The van der Waals surface area contributed by atoms with Gasteiger partial charge in [-0.25, -0.2) is 4.98 Å². The number of carbonyl (C=O) groups is 1. The fourth-order valence-corrected chi connectivity index (χ4v) is 3.61. The predicted molar refractivity (Wildman–Crippen MR) is 103 cm³/mol. The molecular weight excluding hydrogens is 310 g/mol. The van der Waals surface area contributed by atoms with Crippen LogP contribution in [-0.2, 0) is 7.05 Å². The van der Waals surface area contributed by atoms with Crippen LogP contribution >= 0.6 is 0 Å². The number of rotatable bonds is 2. The molecule has 0 spiro atoms. The number of hydrogen-bond donors (Lipinski definition) is 0. The summed E-state index contributed by atoms with van der Waals surface area (Å²) in [6, 6.07) is 12.1. The summed E-state index contributed by atoms with van der Waals surface area (Å²) in [4.78, 5) is 19.4. The number of hydrogen-bond acceptors (Lipinski definition) is 3. The first-order valence-corrected chi connectivity index (χ1v) is 8.49. The van der Waals surface area contributed by atoms with Crippen LogP contribution in [0, 0.1) is 6.92 Å². The van der Waals surface area contributed by atoms with E-state index >= 15 is 0 Å². The predicted octanol–water partition coefficient (Wildman–Crippen LogP) is 4.07. The highest BCUT2D eigenvalue weighted by molar-refractivity contribution is 6.14. The second-order valence-electron chi connectivity index (χ2n) is 6.69. The third-order valence-corrected chi connectivity index (χ3v) is 5.22. The maximum Gasteiger partial charge on any atom is 0.187 e. The number of nitrogens with zero attached hydrogens (tertiary/aromatic N) is 3. The van der Waals surface area contributed by atoms with Gasteiger partial charge in [-0.2, -0.15) is 0 Å². The Labute approximate surface area is 147 Å². The molecule has 0 bridgehead atoms. The van der Waals surface area contributed by atoms with Crippen molar-refractivity contribution in [3.8, 4) is 0 Å². The van der Waals surface area contributed by atoms with Gasteiger partial charge < -0.3 is 9.47 Å². The lowest BCUT2D eigenvalue weighted by molar-refractivity contribution is 0.0978. The zero-order valence-electron chi connectivity index (χ0n) is 14.9. The number of ketones is 1. The molecule has 4 rings (SSSR count). The number of benzene rings is 2. The Bertz CT molecular complexity index is 1010. The lowest BCUT2D eigenvalue weighted by atomic mass is 10.0. The molecule has 4 heteroatoms. The van der Waals surface area contributed by atoms with Crippen molar-refractivity contribution < 1.29 is 4.79 Å². The third kappa shape index (κ3) is 2.29. The highest BCUT2D eigenvalue weighted by Gasteiger charge is 2.34. The summed E-state index contributed by atoms with van der Waals surface area (Å²) in [6.07, 6.45) is 4.08. The van der Waals surface area contributed by atoms with Gasteiger partial charge >= 0.3 is 0 Å². The van der Waals surface area contributed by atoms with Gasteiger partial charge in [0.25, 0.3) is 0 Å². The maximum absolute atomic E-state index is 12.5. The van der Waals surface area contributed by atoms with Gasteiger partial charge in [0, 0.05) is 25.2 Å². The second-order valence-corrected chi connectivity index (χ2v) is 6.69. The standard InChI is InChI=1S/C21H21N3O/c1-13-19-17(12-16-20(13)23(3)14(2)21(16)25)24(4)18(22-19)11-10-15-8-6-5-7-9-15/h5-12,14H,1-4H3. The molecule has 0 fully saturated rings. The summed E-state index contributed by atoms with van der Waals surface area (Å²) < 4.78 is 2.05. The first-order chi connectivity index (χ1) is 12.0. The Kier molecular flexibility index (Phi) is 3.49. The van der Waals surface area contributed by atoms with E-state index in [2.05, 4.69) is 34.6 Å². The highest BCUT2D eigenvalue weighted by Crippen LogP contribution is 2.38. The fourth-order valence-electron chi connectivity index (χ4n) is 3.61. The summed E-state index contributed by atoms with van der Waals surface area (Å²) in [6.45, 7) is 4.01. The van der Waals surface area contributed by atoms with Gasteiger partial charge in [0.2, 0.25) is 0 Å². The molecule has 0 N–H and O–H groups in total. The normalized spacial score (nSPS) is 17.0. The van der Waals surface area contributed by atoms with Crippen molar-refractivity contribution in [3.05, 3.63) is 58.9 Å². The van der Waals surface area contributed by atoms with Crippen molar-refractivity contribution in [2.24, 2.45) is 7.05 Å². The molecule has 1 unspecified atom stereocenters. The SMILES string of the molecule is Cc1c2c(cc3c1nc(C=Cc1ccccc1)n3C)C(=O)C(C)N2C. The molecule has 1 aliphatic heterocycles. The number of carbonyl (C=O) groups excluding carboxylic acids is 1. The van der Waals surface area contributed by atoms with E-state index in [0.29, 0.717) is 0 Å². The van der Waals surface area contributed by atoms with Gasteiger partial charge in [0.05, 0.1) is 22.8 Å². The molecule has 0 amide bonds. The van der Waals surface area contributed by atoms with Crippen LogP contribution in [0.4, 0.5) is 5.69 Å². The molecule has 0 saturated heterocycles. The van der Waals surface area contributed by atoms with Crippen molar-refractivity contribution in [3.63, 3.8) is 0 Å². The van der Waals surface area contributed by atoms with E-state index < -0.39 is 0 Å². The lowest BCUT2D eigenvalue weighted by Crippen LogP contribution is -2.28.